The first kappa shape index (κ1) is 16.1. The molecular weight excluding hydrogens is 286 g/mol. The minimum absolute atomic E-state index is 0.716. The lowest BCUT2D eigenvalue weighted by Crippen LogP contribution is -2.34. The maximum absolute atomic E-state index is 4.46. The Morgan fingerprint density at radius 2 is 1.91 bits per heavy atom. The van der Waals surface area contributed by atoms with Gasteiger partial charge in [-0.25, -0.2) is 0 Å². The lowest BCUT2D eigenvalue weighted by atomic mass is 10.00. The van der Waals surface area contributed by atoms with E-state index in [4.69, 9.17) is 0 Å². The molecule has 1 unspecified atom stereocenters. The fraction of sp³-hybridized carbons (Fsp3) is 0.611. The van der Waals surface area contributed by atoms with Crippen molar-refractivity contribution in [1.82, 2.24) is 25.1 Å². The van der Waals surface area contributed by atoms with Crippen molar-refractivity contribution >= 4 is 0 Å². The summed E-state index contributed by atoms with van der Waals surface area (Å²) in [5.74, 6) is 1.59. The third-order valence-corrected chi connectivity index (χ3v) is 4.56. The highest BCUT2D eigenvalue weighted by molar-refractivity contribution is 5.52. The molecule has 1 atom stereocenters. The molecule has 0 spiro atoms. The molecule has 0 bridgehead atoms. The van der Waals surface area contributed by atoms with E-state index in [1.807, 2.05) is 30.3 Å². The predicted molar refractivity (Wildman–Crippen MR) is 91.9 cm³/mol. The molecular formula is C18H27N5. The van der Waals surface area contributed by atoms with E-state index in [-0.39, 0.29) is 0 Å². The second-order valence-electron chi connectivity index (χ2n) is 6.68. The molecule has 0 saturated carbocycles. The monoisotopic (exact) mass is 313 g/mol. The Bertz CT molecular complexity index is 580. The number of aryl methyl sites for hydroxylation is 1. The molecule has 5 nitrogen and oxygen atoms in total. The molecule has 124 valence electrons. The van der Waals surface area contributed by atoms with E-state index in [1.54, 1.807) is 4.80 Å². The van der Waals surface area contributed by atoms with Crippen LogP contribution in [0.5, 0.6) is 0 Å². The van der Waals surface area contributed by atoms with Gasteiger partial charge in [0.05, 0.1) is 6.54 Å². The number of hydrogen-bond acceptors (Lipinski definition) is 4. The van der Waals surface area contributed by atoms with E-state index in [1.165, 1.54) is 45.3 Å². The minimum Gasteiger partial charge on any atom is -0.303 e. The summed E-state index contributed by atoms with van der Waals surface area (Å²) in [6, 6.07) is 10.0. The Hall–Kier alpha value is -1.75. The quantitative estimate of drug-likeness (QED) is 0.736. The van der Waals surface area contributed by atoms with E-state index in [2.05, 4.69) is 27.2 Å². The summed E-state index contributed by atoms with van der Waals surface area (Å²) >= 11 is 0. The molecule has 1 aromatic heterocycles. The number of unbranched alkanes of at least 4 members (excludes halogenated alkanes) is 2. The van der Waals surface area contributed by atoms with E-state index in [0.29, 0.717) is 5.82 Å². The zero-order valence-electron chi connectivity index (χ0n) is 14.1. The zero-order valence-corrected chi connectivity index (χ0v) is 14.1. The fourth-order valence-electron chi connectivity index (χ4n) is 3.30. The van der Waals surface area contributed by atoms with Crippen molar-refractivity contribution in [1.29, 1.82) is 0 Å². The zero-order chi connectivity index (χ0) is 15.9. The van der Waals surface area contributed by atoms with Crippen molar-refractivity contribution in [3.63, 3.8) is 0 Å². The van der Waals surface area contributed by atoms with E-state index >= 15 is 0 Å². The van der Waals surface area contributed by atoms with Crippen LogP contribution in [0.4, 0.5) is 0 Å². The van der Waals surface area contributed by atoms with Crippen LogP contribution in [0, 0.1) is 5.92 Å². The van der Waals surface area contributed by atoms with Gasteiger partial charge in [0.15, 0.2) is 0 Å². The van der Waals surface area contributed by atoms with Gasteiger partial charge in [-0.3, -0.25) is 0 Å². The second-order valence-corrected chi connectivity index (χ2v) is 6.68. The smallest absolute Gasteiger partial charge is 0.204 e. The Morgan fingerprint density at radius 3 is 2.74 bits per heavy atom. The summed E-state index contributed by atoms with van der Waals surface area (Å²) in [5.41, 5.74) is 1.03. The topological polar surface area (TPSA) is 46.8 Å². The molecule has 1 aliphatic heterocycles. The normalized spacial score (nSPS) is 19.1. The van der Waals surface area contributed by atoms with E-state index in [0.717, 1.165) is 24.4 Å². The number of hydrogen-bond donors (Lipinski definition) is 0. The average molecular weight is 313 g/mol. The van der Waals surface area contributed by atoms with Gasteiger partial charge in [0.2, 0.25) is 5.82 Å². The van der Waals surface area contributed by atoms with Crippen LogP contribution in [-0.2, 0) is 6.54 Å². The second kappa shape index (κ2) is 8.20. The molecule has 1 aliphatic rings. The maximum Gasteiger partial charge on any atom is 0.204 e. The number of benzene rings is 1. The van der Waals surface area contributed by atoms with Crippen LogP contribution in [0.15, 0.2) is 30.3 Å². The molecule has 1 fully saturated rings. The summed E-state index contributed by atoms with van der Waals surface area (Å²) in [6.45, 7) is 7.04. The van der Waals surface area contributed by atoms with Crippen molar-refractivity contribution in [2.75, 3.05) is 19.6 Å². The summed E-state index contributed by atoms with van der Waals surface area (Å²) in [6.07, 6.45) is 6.39. The summed E-state index contributed by atoms with van der Waals surface area (Å²) in [5, 5.41) is 12.8. The first-order valence-corrected chi connectivity index (χ1v) is 8.87. The van der Waals surface area contributed by atoms with Gasteiger partial charge in [0, 0.05) is 12.1 Å². The first-order chi connectivity index (χ1) is 11.3. The molecule has 0 aliphatic carbocycles. The van der Waals surface area contributed by atoms with Crippen molar-refractivity contribution in [2.45, 2.75) is 45.6 Å². The van der Waals surface area contributed by atoms with Crippen LogP contribution in [0.2, 0.25) is 0 Å². The lowest BCUT2D eigenvalue weighted by molar-refractivity contribution is 0.180. The van der Waals surface area contributed by atoms with Crippen LogP contribution in [0.3, 0.4) is 0 Å². The van der Waals surface area contributed by atoms with Crippen LogP contribution in [0.25, 0.3) is 11.4 Å². The van der Waals surface area contributed by atoms with Gasteiger partial charge in [-0.2, -0.15) is 4.80 Å². The summed E-state index contributed by atoms with van der Waals surface area (Å²) in [7, 11) is 0. The molecule has 2 heterocycles. The molecule has 5 heteroatoms. The van der Waals surface area contributed by atoms with Crippen molar-refractivity contribution in [3.05, 3.63) is 30.3 Å². The summed E-state index contributed by atoms with van der Waals surface area (Å²) < 4.78 is 0. The van der Waals surface area contributed by atoms with Gasteiger partial charge in [0.1, 0.15) is 0 Å². The molecule has 2 aromatic rings. The van der Waals surface area contributed by atoms with E-state index < -0.39 is 0 Å². The van der Waals surface area contributed by atoms with Gasteiger partial charge >= 0.3 is 0 Å². The Morgan fingerprint density at radius 1 is 1.09 bits per heavy atom. The Balaban J connectivity index is 1.36. The summed E-state index contributed by atoms with van der Waals surface area (Å²) in [4.78, 5) is 4.35. The fourth-order valence-corrected chi connectivity index (χ4v) is 3.30. The third kappa shape index (κ3) is 4.86. The highest BCUT2D eigenvalue weighted by Gasteiger charge is 2.15. The molecule has 1 saturated heterocycles. The van der Waals surface area contributed by atoms with Crippen molar-refractivity contribution < 1.29 is 0 Å². The SMILES string of the molecule is CC1CCCN(CCCCCn2nnc(-c3ccccc3)n2)C1. The van der Waals surface area contributed by atoms with Crippen LogP contribution < -0.4 is 0 Å². The number of rotatable bonds is 7. The maximum atomic E-state index is 4.46. The molecule has 1 aromatic carbocycles. The lowest BCUT2D eigenvalue weighted by Gasteiger charge is -2.30. The van der Waals surface area contributed by atoms with Gasteiger partial charge < -0.3 is 4.90 Å². The predicted octanol–water partition coefficient (Wildman–Crippen LogP) is 3.24. The van der Waals surface area contributed by atoms with Crippen LogP contribution >= 0.6 is 0 Å². The number of aromatic nitrogens is 4. The number of tetrazole rings is 1. The van der Waals surface area contributed by atoms with Gasteiger partial charge in [-0.05, 0) is 49.9 Å². The number of nitrogens with zero attached hydrogens (tertiary/aromatic N) is 5. The highest BCUT2D eigenvalue weighted by atomic mass is 15.6. The number of likely N-dealkylation sites (tertiary alicyclic amines) is 1. The van der Waals surface area contributed by atoms with Crippen LogP contribution in [0.1, 0.15) is 39.0 Å². The minimum atomic E-state index is 0.716. The standard InChI is InChI=1S/C18H27N5/c1-16-9-8-13-22(15-16)12-6-3-7-14-23-20-18(19-21-23)17-10-4-2-5-11-17/h2,4-5,10-11,16H,3,6-9,12-15H2,1H3. The molecule has 0 radical (unpaired) electrons. The van der Waals surface area contributed by atoms with Crippen molar-refractivity contribution in [2.24, 2.45) is 5.92 Å². The molecule has 0 N–H and O–H groups in total. The molecule has 23 heavy (non-hydrogen) atoms. The van der Waals surface area contributed by atoms with Crippen molar-refractivity contribution in [3.8, 4) is 11.4 Å². The van der Waals surface area contributed by atoms with Gasteiger partial charge in [0.25, 0.3) is 0 Å². The van der Waals surface area contributed by atoms with Gasteiger partial charge in [-0.1, -0.05) is 43.7 Å². The highest BCUT2D eigenvalue weighted by Crippen LogP contribution is 2.16. The van der Waals surface area contributed by atoms with Crippen LogP contribution in [-0.4, -0.2) is 44.7 Å². The third-order valence-electron chi connectivity index (χ3n) is 4.56. The molecule has 0 amide bonds. The first-order valence-electron chi connectivity index (χ1n) is 8.87. The van der Waals surface area contributed by atoms with Gasteiger partial charge in [-0.15, -0.1) is 10.2 Å². The largest absolute Gasteiger partial charge is 0.303 e. The average Bonchev–Trinajstić information content (AvgIpc) is 3.04. The Labute approximate surface area is 138 Å². The number of piperidine rings is 1. The molecule has 3 rings (SSSR count). The Kier molecular flexibility index (Phi) is 5.75. The van der Waals surface area contributed by atoms with E-state index in [9.17, 15) is 0 Å².